The minimum Gasteiger partial charge on any atom is -0.496 e. The van der Waals surface area contributed by atoms with E-state index >= 15 is 0 Å². The molecular weight excluding hydrogens is 538 g/mol. The number of hydrogen-bond acceptors (Lipinski definition) is 8. The van der Waals surface area contributed by atoms with Gasteiger partial charge in [-0.2, -0.15) is 0 Å². The number of sulfonamides is 1. The predicted molar refractivity (Wildman–Crippen MR) is 140 cm³/mol. The largest absolute Gasteiger partial charge is 0.496 e. The van der Waals surface area contributed by atoms with Crippen molar-refractivity contribution >= 4 is 45.2 Å². The molecule has 0 aliphatic carbocycles. The maximum atomic E-state index is 13.6. The number of amides is 3. The van der Waals surface area contributed by atoms with E-state index in [1.54, 1.807) is 39.0 Å². The van der Waals surface area contributed by atoms with E-state index in [1.165, 1.54) is 26.4 Å². The number of carbonyl (C=O) groups is 3. The molecule has 2 aromatic rings. The summed E-state index contributed by atoms with van der Waals surface area (Å²) in [4.78, 5) is 37.9. The Labute approximate surface area is 226 Å². The molecule has 38 heavy (non-hydrogen) atoms. The van der Waals surface area contributed by atoms with Crippen molar-refractivity contribution in [3.05, 3.63) is 47.0 Å². The van der Waals surface area contributed by atoms with Gasteiger partial charge in [0.25, 0.3) is 10.0 Å². The summed E-state index contributed by atoms with van der Waals surface area (Å²) >= 11 is 6.11. The molecule has 11 nitrogen and oxygen atoms in total. The molecule has 3 amide bonds. The van der Waals surface area contributed by atoms with Gasteiger partial charge >= 0.3 is 6.09 Å². The molecule has 1 aliphatic heterocycles. The van der Waals surface area contributed by atoms with Gasteiger partial charge in [-0.25, -0.2) is 17.5 Å². The van der Waals surface area contributed by atoms with Crippen molar-refractivity contribution in [2.75, 3.05) is 32.6 Å². The molecule has 3 rings (SSSR count). The molecule has 2 aromatic carbocycles. The van der Waals surface area contributed by atoms with Crippen LogP contribution >= 0.6 is 11.6 Å². The minimum absolute atomic E-state index is 0.00904. The zero-order valence-electron chi connectivity index (χ0n) is 21.7. The highest BCUT2D eigenvalue weighted by Gasteiger charge is 2.38. The summed E-state index contributed by atoms with van der Waals surface area (Å²) in [5.74, 6) is -1.69. The molecule has 1 aliphatic rings. The first-order chi connectivity index (χ1) is 17.7. The van der Waals surface area contributed by atoms with Gasteiger partial charge in [0.2, 0.25) is 11.8 Å². The van der Waals surface area contributed by atoms with Crippen LogP contribution in [0, 0.1) is 5.92 Å². The summed E-state index contributed by atoms with van der Waals surface area (Å²) in [5.41, 5.74) is -0.206. The molecule has 13 heteroatoms. The van der Waals surface area contributed by atoms with Gasteiger partial charge in [-0.05, 0) is 69.2 Å². The first-order valence-electron chi connectivity index (χ1n) is 11.6. The van der Waals surface area contributed by atoms with Crippen LogP contribution in [-0.4, -0.2) is 63.5 Å². The molecule has 1 fully saturated rings. The lowest BCUT2D eigenvalue weighted by atomic mass is 9.98. The standard InChI is InChI=1S/C25H30ClN3O8S/c1-25(2,3)37-24(32)28-19-12-18(7-9-21(19)36-5)38(33,34)29-14-22(30)27-13-16(23(29)31)10-15-11-17(26)6-8-20(15)35-4/h6-9,11-12,16H,10,13-14H2,1-5H3,(H,27,30)(H,28,32). The Balaban J connectivity index is 1.96. The number of hydrogen-bond donors (Lipinski definition) is 2. The van der Waals surface area contributed by atoms with Gasteiger partial charge in [-0.15, -0.1) is 0 Å². The van der Waals surface area contributed by atoms with Crippen LogP contribution < -0.4 is 20.1 Å². The second-order valence-corrected chi connectivity index (χ2v) is 11.8. The third-order valence-electron chi connectivity index (χ3n) is 5.53. The first-order valence-corrected chi connectivity index (χ1v) is 13.4. The van der Waals surface area contributed by atoms with Crippen molar-refractivity contribution in [3.63, 3.8) is 0 Å². The zero-order valence-corrected chi connectivity index (χ0v) is 23.2. The van der Waals surface area contributed by atoms with Gasteiger partial charge in [-0.3, -0.25) is 14.9 Å². The van der Waals surface area contributed by atoms with Crippen LogP contribution in [0.5, 0.6) is 11.5 Å². The van der Waals surface area contributed by atoms with E-state index in [2.05, 4.69) is 10.6 Å². The highest BCUT2D eigenvalue weighted by molar-refractivity contribution is 7.89. The van der Waals surface area contributed by atoms with Crippen LogP contribution in [0.1, 0.15) is 26.3 Å². The van der Waals surface area contributed by atoms with Crippen molar-refractivity contribution in [1.29, 1.82) is 0 Å². The summed E-state index contributed by atoms with van der Waals surface area (Å²) in [7, 11) is -1.70. The molecule has 1 unspecified atom stereocenters. The molecule has 206 valence electrons. The summed E-state index contributed by atoms with van der Waals surface area (Å²) < 4.78 is 43.6. The van der Waals surface area contributed by atoms with Gasteiger partial charge < -0.3 is 19.5 Å². The van der Waals surface area contributed by atoms with E-state index in [9.17, 15) is 22.8 Å². The maximum Gasteiger partial charge on any atom is 0.412 e. The average molecular weight is 568 g/mol. The quantitative estimate of drug-likeness (QED) is 0.520. The molecule has 0 spiro atoms. The van der Waals surface area contributed by atoms with Gasteiger partial charge in [0.05, 0.1) is 30.7 Å². The van der Waals surface area contributed by atoms with Crippen molar-refractivity contribution in [3.8, 4) is 11.5 Å². The van der Waals surface area contributed by atoms with Crippen LogP contribution in [0.2, 0.25) is 5.02 Å². The normalized spacial score (nSPS) is 16.4. The number of benzene rings is 2. The maximum absolute atomic E-state index is 13.6. The van der Waals surface area contributed by atoms with E-state index in [4.69, 9.17) is 25.8 Å². The fourth-order valence-corrected chi connectivity index (χ4v) is 5.44. The van der Waals surface area contributed by atoms with Gasteiger partial charge in [0, 0.05) is 11.6 Å². The number of carbonyl (C=O) groups excluding carboxylic acids is 3. The van der Waals surface area contributed by atoms with E-state index < -0.39 is 46.0 Å². The number of nitrogens with zero attached hydrogens (tertiary/aromatic N) is 1. The lowest BCUT2D eigenvalue weighted by molar-refractivity contribution is -0.131. The second-order valence-electron chi connectivity index (χ2n) is 9.50. The molecule has 0 bridgehead atoms. The third-order valence-corrected chi connectivity index (χ3v) is 7.51. The van der Waals surface area contributed by atoms with Crippen LogP contribution in [0.4, 0.5) is 10.5 Å². The van der Waals surface area contributed by atoms with Crippen LogP contribution in [0.3, 0.4) is 0 Å². The predicted octanol–water partition coefficient (Wildman–Crippen LogP) is 3.21. The smallest absolute Gasteiger partial charge is 0.412 e. The van der Waals surface area contributed by atoms with Crippen molar-refractivity contribution in [1.82, 2.24) is 9.62 Å². The second kappa shape index (κ2) is 11.5. The number of ether oxygens (including phenoxy) is 3. The molecular formula is C25H30ClN3O8S. The van der Waals surface area contributed by atoms with Crippen LogP contribution in [0.25, 0.3) is 0 Å². The number of rotatable bonds is 7. The molecule has 0 saturated carbocycles. The Morgan fingerprint density at radius 1 is 1.11 bits per heavy atom. The van der Waals surface area contributed by atoms with E-state index in [0.29, 0.717) is 20.6 Å². The monoisotopic (exact) mass is 567 g/mol. The van der Waals surface area contributed by atoms with Crippen molar-refractivity contribution < 1.29 is 37.0 Å². The molecule has 0 radical (unpaired) electrons. The SMILES string of the molecule is COc1ccc(Cl)cc1CC1CNC(=O)CN(S(=O)(=O)c2ccc(OC)c(NC(=O)OC(C)(C)C)c2)C1=O. The average Bonchev–Trinajstić information content (AvgIpc) is 2.97. The summed E-state index contributed by atoms with van der Waals surface area (Å²) in [6.45, 7) is 4.25. The third kappa shape index (κ3) is 6.87. The van der Waals surface area contributed by atoms with Crippen molar-refractivity contribution in [2.24, 2.45) is 5.92 Å². The van der Waals surface area contributed by atoms with E-state index in [-0.39, 0.29) is 29.3 Å². The summed E-state index contributed by atoms with van der Waals surface area (Å²) in [6, 6.07) is 8.59. The number of nitrogens with one attached hydrogen (secondary N) is 2. The number of anilines is 1. The molecule has 2 N–H and O–H groups in total. The summed E-state index contributed by atoms with van der Waals surface area (Å²) in [5, 5.41) is 5.48. The van der Waals surface area contributed by atoms with Gasteiger partial charge in [0.15, 0.2) is 0 Å². The Morgan fingerprint density at radius 2 is 1.76 bits per heavy atom. The molecule has 1 saturated heterocycles. The van der Waals surface area contributed by atoms with Crippen LogP contribution in [0.15, 0.2) is 41.3 Å². The lowest BCUT2D eigenvalue weighted by Gasteiger charge is -2.24. The molecule has 1 atom stereocenters. The van der Waals surface area contributed by atoms with Gasteiger partial charge in [0.1, 0.15) is 23.6 Å². The number of halogens is 1. The Hall–Kier alpha value is -3.51. The van der Waals surface area contributed by atoms with Crippen molar-refractivity contribution in [2.45, 2.75) is 37.7 Å². The van der Waals surface area contributed by atoms with Crippen LogP contribution in [-0.2, 0) is 30.8 Å². The highest BCUT2D eigenvalue weighted by Crippen LogP contribution is 2.31. The highest BCUT2D eigenvalue weighted by atomic mass is 35.5. The molecule has 1 heterocycles. The van der Waals surface area contributed by atoms with Gasteiger partial charge in [-0.1, -0.05) is 11.6 Å². The Bertz CT molecular complexity index is 1340. The fourth-order valence-electron chi connectivity index (χ4n) is 3.81. The topological polar surface area (TPSA) is 140 Å². The lowest BCUT2D eigenvalue weighted by Crippen LogP contribution is -2.42. The molecule has 0 aromatic heterocycles. The fraction of sp³-hybridized carbons (Fsp3) is 0.400. The summed E-state index contributed by atoms with van der Waals surface area (Å²) in [6.07, 6.45) is -0.755. The first kappa shape index (κ1) is 29.1. The number of methoxy groups -OCH3 is 2. The Kier molecular flexibility index (Phi) is 8.78. The van der Waals surface area contributed by atoms with E-state index in [1.807, 2.05) is 0 Å². The Morgan fingerprint density at radius 3 is 2.39 bits per heavy atom. The minimum atomic E-state index is -4.52. The zero-order chi connectivity index (χ0) is 28.3. The van der Waals surface area contributed by atoms with E-state index in [0.717, 1.165) is 6.07 Å².